The molecule has 0 N–H and O–H groups in total. The minimum absolute atomic E-state index is 0.570. The third-order valence-corrected chi connectivity index (χ3v) is 2.38. The molecule has 0 amide bonds. The Kier molecular flexibility index (Phi) is 2.42. The van der Waals surface area contributed by atoms with Crippen LogP contribution in [-0.4, -0.2) is 24.9 Å². The Morgan fingerprint density at radius 2 is 1.65 bits per heavy atom. The number of hydrogen-bond acceptors (Lipinski definition) is 5. The van der Waals surface area contributed by atoms with Crippen molar-refractivity contribution in [2.24, 2.45) is 0 Å². The van der Waals surface area contributed by atoms with Crippen molar-refractivity contribution in [3.05, 3.63) is 54.6 Å². The lowest BCUT2D eigenvalue weighted by atomic mass is 10.2. The van der Waals surface area contributed by atoms with Crippen LogP contribution in [0.3, 0.4) is 0 Å². The van der Waals surface area contributed by atoms with Crippen LogP contribution in [0.5, 0.6) is 0 Å². The predicted octanol–water partition coefficient (Wildman–Crippen LogP) is 1.41. The molecule has 0 radical (unpaired) electrons. The zero-order chi connectivity index (χ0) is 11.5. The molecule has 5 heteroatoms. The van der Waals surface area contributed by atoms with Gasteiger partial charge in [0.25, 0.3) is 0 Å². The summed E-state index contributed by atoms with van der Waals surface area (Å²) in [5.74, 6) is 0.699. The van der Waals surface area contributed by atoms with Crippen LogP contribution in [0.15, 0.2) is 43.1 Å². The van der Waals surface area contributed by atoms with Crippen molar-refractivity contribution in [2.45, 2.75) is 6.42 Å². The normalized spacial score (nSPS) is 10.6. The van der Waals surface area contributed by atoms with Crippen molar-refractivity contribution in [2.75, 3.05) is 0 Å². The highest BCUT2D eigenvalue weighted by molar-refractivity contribution is 5.73. The average Bonchev–Trinajstić information content (AvgIpc) is 2.40. The van der Waals surface area contributed by atoms with Crippen molar-refractivity contribution < 1.29 is 0 Å². The molecule has 0 saturated carbocycles. The van der Waals surface area contributed by atoms with Crippen LogP contribution in [0.1, 0.15) is 11.5 Å². The average molecular weight is 223 g/mol. The molecule has 0 saturated heterocycles. The van der Waals surface area contributed by atoms with Crippen LogP contribution >= 0.6 is 0 Å². The minimum Gasteiger partial charge on any atom is -0.253 e. The van der Waals surface area contributed by atoms with Crippen LogP contribution in [-0.2, 0) is 6.42 Å². The fourth-order valence-corrected chi connectivity index (χ4v) is 1.60. The molecule has 2 heterocycles. The first-order valence-corrected chi connectivity index (χ1v) is 5.23. The standard InChI is InChI=1S/C12H9N5/c1-2-4-11-10(3-1)14-6-9(17-11)5-12-15-7-13-8-16-12/h1-4,6-8H,5H2. The summed E-state index contributed by atoms with van der Waals surface area (Å²) in [5, 5.41) is 0. The predicted molar refractivity (Wildman–Crippen MR) is 62.2 cm³/mol. The molecule has 5 nitrogen and oxygen atoms in total. The van der Waals surface area contributed by atoms with Gasteiger partial charge in [0.15, 0.2) is 0 Å². The van der Waals surface area contributed by atoms with E-state index in [0.29, 0.717) is 12.2 Å². The summed E-state index contributed by atoms with van der Waals surface area (Å²) in [6.45, 7) is 0. The molecule has 0 atom stereocenters. The Balaban J connectivity index is 1.96. The van der Waals surface area contributed by atoms with E-state index in [4.69, 9.17) is 0 Å². The van der Waals surface area contributed by atoms with Gasteiger partial charge in [0.1, 0.15) is 18.5 Å². The maximum absolute atomic E-state index is 4.51. The highest BCUT2D eigenvalue weighted by Gasteiger charge is 2.02. The number of fused-ring (bicyclic) bond motifs is 1. The van der Waals surface area contributed by atoms with Gasteiger partial charge >= 0.3 is 0 Å². The number of benzene rings is 1. The zero-order valence-electron chi connectivity index (χ0n) is 8.98. The van der Waals surface area contributed by atoms with E-state index >= 15 is 0 Å². The summed E-state index contributed by atoms with van der Waals surface area (Å²) in [5.41, 5.74) is 2.64. The van der Waals surface area contributed by atoms with Crippen molar-refractivity contribution in [1.29, 1.82) is 0 Å². The van der Waals surface area contributed by atoms with E-state index in [-0.39, 0.29) is 0 Å². The summed E-state index contributed by atoms with van der Waals surface area (Å²) in [6, 6.07) is 7.78. The van der Waals surface area contributed by atoms with Gasteiger partial charge in [-0.1, -0.05) is 12.1 Å². The first-order valence-electron chi connectivity index (χ1n) is 5.23. The molecule has 1 aromatic carbocycles. The molecule has 0 unspecified atom stereocenters. The van der Waals surface area contributed by atoms with Gasteiger partial charge in [-0.2, -0.15) is 0 Å². The van der Waals surface area contributed by atoms with Crippen molar-refractivity contribution in [1.82, 2.24) is 24.9 Å². The molecule has 0 aliphatic carbocycles. The van der Waals surface area contributed by atoms with Gasteiger partial charge in [-0.05, 0) is 12.1 Å². The molecule has 2 aromatic heterocycles. The van der Waals surface area contributed by atoms with Gasteiger partial charge in [-0.15, -0.1) is 0 Å². The van der Waals surface area contributed by atoms with Crippen molar-refractivity contribution in [3.63, 3.8) is 0 Å². The Hall–Kier alpha value is -2.43. The van der Waals surface area contributed by atoms with Gasteiger partial charge in [-0.25, -0.2) is 19.9 Å². The van der Waals surface area contributed by atoms with E-state index in [1.807, 2.05) is 24.3 Å². The molecule has 0 spiro atoms. The second-order valence-corrected chi connectivity index (χ2v) is 3.58. The van der Waals surface area contributed by atoms with Gasteiger partial charge < -0.3 is 0 Å². The number of hydrogen-bond donors (Lipinski definition) is 0. The highest BCUT2D eigenvalue weighted by Crippen LogP contribution is 2.09. The minimum atomic E-state index is 0.570. The van der Waals surface area contributed by atoms with Crippen LogP contribution in [0, 0.1) is 0 Å². The topological polar surface area (TPSA) is 64.5 Å². The zero-order valence-corrected chi connectivity index (χ0v) is 8.98. The van der Waals surface area contributed by atoms with Crippen LogP contribution in [0.4, 0.5) is 0 Å². The van der Waals surface area contributed by atoms with Crippen molar-refractivity contribution in [3.8, 4) is 0 Å². The van der Waals surface area contributed by atoms with Crippen LogP contribution in [0.25, 0.3) is 11.0 Å². The van der Waals surface area contributed by atoms with Gasteiger partial charge in [0, 0.05) is 6.20 Å². The lowest BCUT2D eigenvalue weighted by Gasteiger charge is -2.00. The molecule has 3 rings (SSSR count). The molecule has 17 heavy (non-hydrogen) atoms. The first kappa shape index (κ1) is 9.77. The lowest BCUT2D eigenvalue weighted by molar-refractivity contribution is 0.896. The van der Waals surface area contributed by atoms with E-state index in [1.54, 1.807) is 6.20 Å². The van der Waals surface area contributed by atoms with Gasteiger partial charge in [0.2, 0.25) is 0 Å². The molecule has 0 fully saturated rings. The molecule has 3 aromatic rings. The fraction of sp³-hybridized carbons (Fsp3) is 0.0833. The van der Waals surface area contributed by atoms with Crippen LogP contribution in [0.2, 0.25) is 0 Å². The molecule has 0 aliphatic rings. The number of nitrogens with zero attached hydrogens (tertiary/aromatic N) is 5. The summed E-state index contributed by atoms with van der Waals surface area (Å²) in [6.07, 6.45) is 5.29. The first-order chi connectivity index (χ1) is 8.42. The van der Waals surface area contributed by atoms with E-state index in [2.05, 4.69) is 24.9 Å². The van der Waals surface area contributed by atoms with E-state index < -0.39 is 0 Å². The van der Waals surface area contributed by atoms with Crippen LogP contribution < -0.4 is 0 Å². The number of aromatic nitrogens is 5. The third kappa shape index (κ3) is 2.08. The van der Waals surface area contributed by atoms with Crippen molar-refractivity contribution >= 4 is 11.0 Å². The second kappa shape index (κ2) is 4.21. The largest absolute Gasteiger partial charge is 0.253 e. The Morgan fingerprint density at radius 1 is 0.882 bits per heavy atom. The third-order valence-electron chi connectivity index (χ3n) is 2.38. The molecule has 0 bridgehead atoms. The lowest BCUT2D eigenvalue weighted by Crippen LogP contribution is -1.99. The van der Waals surface area contributed by atoms with E-state index in [1.165, 1.54) is 12.7 Å². The molecular weight excluding hydrogens is 214 g/mol. The summed E-state index contributed by atoms with van der Waals surface area (Å²) in [4.78, 5) is 20.8. The maximum atomic E-state index is 4.51. The molecule has 82 valence electrons. The second-order valence-electron chi connectivity index (χ2n) is 3.58. The Bertz CT molecular complexity index is 638. The fourth-order valence-electron chi connectivity index (χ4n) is 1.60. The molecule has 0 aliphatic heterocycles. The van der Waals surface area contributed by atoms with Gasteiger partial charge in [0.05, 0.1) is 23.1 Å². The summed E-state index contributed by atoms with van der Waals surface area (Å²) in [7, 11) is 0. The van der Waals surface area contributed by atoms with Gasteiger partial charge in [-0.3, -0.25) is 4.98 Å². The van der Waals surface area contributed by atoms with E-state index in [9.17, 15) is 0 Å². The summed E-state index contributed by atoms with van der Waals surface area (Å²) < 4.78 is 0. The number of rotatable bonds is 2. The summed E-state index contributed by atoms with van der Waals surface area (Å²) >= 11 is 0. The van der Waals surface area contributed by atoms with E-state index in [0.717, 1.165) is 16.7 Å². The SMILES string of the molecule is c1ccc2nc(Cc3ncncn3)cnc2c1. The number of para-hydroxylation sites is 2. The Labute approximate surface area is 97.6 Å². The smallest absolute Gasteiger partial charge is 0.137 e. The molecular formula is C12H9N5. The quantitative estimate of drug-likeness (QED) is 0.657. The maximum Gasteiger partial charge on any atom is 0.137 e. The Morgan fingerprint density at radius 3 is 2.47 bits per heavy atom. The highest BCUT2D eigenvalue weighted by atomic mass is 15.0. The monoisotopic (exact) mass is 223 g/mol.